The SMILES string of the molecule is Cc1cn([C@H]2CC(O[P@](=O)(S)OC[C@H]3O[C@@H](n4cc(C)c(=O)[nH]c4=O)CC3O[P@](=O)(S)OC[C@H]3O[C@@H](n4cc(C)c(=O)[nH]c4=O)CC3O[P@](=O)(S)OC[C@H]3O[C@@H](n4cc(C)c(=O)[nH]c4=O)CC3O[P@](=O)(S)OC[C@H]3O[C@@H](n4cc(C)c(=O)[nH]c4=O)CC3O)[C@@H](C)O2)c(=O)[nH]c1=O. The van der Waals surface area contributed by atoms with E-state index in [0.717, 1.165) is 22.8 Å². The lowest BCUT2D eigenvalue weighted by Gasteiger charge is -2.26. The molecule has 0 bridgehead atoms. The second-order valence-corrected chi connectivity index (χ2v) is 34.6. The van der Waals surface area contributed by atoms with Gasteiger partial charge in [-0.1, -0.05) is 49.0 Å². The highest BCUT2D eigenvalue weighted by atomic mass is 32.7. The molecule has 0 aliphatic carbocycles. The van der Waals surface area contributed by atoms with Gasteiger partial charge in [0.2, 0.25) is 0 Å². The molecule has 38 nitrogen and oxygen atoms in total. The number of hydrogen-bond donors (Lipinski definition) is 10. The van der Waals surface area contributed by atoms with Crippen LogP contribution in [0.1, 0.15) is 98.0 Å². The van der Waals surface area contributed by atoms with Gasteiger partial charge in [-0.2, -0.15) is 0 Å². The summed E-state index contributed by atoms with van der Waals surface area (Å²) in [6.07, 6.45) is -14.1. The minimum absolute atomic E-state index is 0.0567. The Morgan fingerprint density at radius 1 is 0.385 bits per heavy atom. The van der Waals surface area contributed by atoms with Crippen LogP contribution in [0.3, 0.4) is 0 Å². The Balaban J connectivity index is 0.833. The average molecular weight is 1510 g/mol. The molecule has 0 amide bonds. The third-order valence-corrected chi connectivity index (χ3v) is 22.6. The fourth-order valence-corrected chi connectivity index (χ4v) is 17.1. The fourth-order valence-electron chi connectivity index (χ4n) is 11.0. The van der Waals surface area contributed by atoms with Crippen molar-refractivity contribution in [1.29, 1.82) is 0 Å². The lowest BCUT2D eigenvalue weighted by Crippen LogP contribution is -2.33. The summed E-state index contributed by atoms with van der Waals surface area (Å²) in [6, 6.07) is 0. The van der Waals surface area contributed by atoms with Gasteiger partial charge in [-0.05, 0) is 41.5 Å². The van der Waals surface area contributed by atoms with E-state index in [0.29, 0.717) is 0 Å². The summed E-state index contributed by atoms with van der Waals surface area (Å²) >= 11 is 16.7. The minimum atomic E-state index is -4.77. The zero-order valence-corrected chi connectivity index (χ0v) is 58.4. The first-order valence-corrected chi connectivity index (χ1v) is 39.9. The standard InChI is InChI=1S/C50H66N10O28P4S4/c1-21-12-56(46(67)51-41(21)62)36-7-27(61)32(81-36)17-76-90(73,94)86-29-9-38(58-14-23(3)43(64)53-48(58)69)83-34(29)19-78-92(75,96)88-31-11-40(60-16-25(5)45(66)55-50(60)71)84-35(31)20-79-91(74,95)87-30-10-39(59-15-24(4)44(65)54-49(59)70)82-33(30)18-77-89(72,93)85-28-8-37(80-26(28)6)57-13-22(2)42(63)52-47(57)68/h12-16,26-40,61H,7-11,17-20H2,1-6H3,(H,72,93)(H,73,94)(H,74,95)(H,75,96)(H,51,62,67)(H,52,63,68)(H,53,64,69)(H,54,65,70)(H,55,66,71)/t26-,27?,28?,29?,30?,31?,32-,33-,34-,35-,36-,37-,38-,39-,40-,89-,90-,91-,92-/m1/s1. The topological polar surface area (TPSA) is 483 Å². The highest BCUT2D eigenvalue weighted by Crippen LogP contribution is 2.61. The highest BCUT2D eigenvalue weighted by Gasteiger charge is 2.49. The number of thiol groups is 4. The molecule has 19 atom stereocenters. The molecule has 5 saturated heterocycles. The second kappa shape index (κ2) is 29.4. The van der Waals surface area contributed by atoms with Crippen LogP contribution in [0.25, 0.3) is 0 Å². The van der Waals surface area contributed by atoms with E-state index in [4.69, 9.17) is 59.9 Å². The van der Waals surface area contributed by atoms with Gasteiger partial charge in [0.1, 0.15) is 73.9 Å². The lowest BCUT2D eigenvalue weighted by molar-refractivity contribution is -0.0535. The number of aliphatic hydroxyl groups excluding tert-OH is 1. The van der Waals surface area contributed by atoms with Crippen molar-refractivity contribution in [3.05, 3.63) is 163 Å². The van der Waals surface area contributed by atoms with E-state index < -0.39 is 202 Å². The van der Waals surface area contributed by atoms with Gasteiger partial charge in [-0.15, -0.1) is 0 Å². The Bertz CT molecular complexity index is 4630. The van der Waals surface area contributed by atoms with Gasteiger partial charge >= 0.3 is 55.6 Å². The molecule has 0 spiro atoms. The summed E-state index contributed by atoms with van der Waals surface area (Å²) in [7, 11) is 0. The van der Waals surface area contributed by atoms with Gasteiger partial charge in [-0.25, -0.2) is 42.2 Å². The van der Waals surface area contributed by atoms with Crippen LogP contribution in [0, 0.1) is 34.6 Å². The van der Waals surface area contributed by atoms with Crippen LogP contribution in [0.15, 0.2) is 78.9 Å². The van der Waals surface area contributed by atoms with Crippen molar-refractivity contribution in [1.82, 2.24) is 47.8 Å². The Hall–Kier alpha value is -4.84. The molecule has 0 saturated carbocycles. The van der Waals surface area contributed by atoms with Crippen LogP contribution in [0.2, 0.25) is 0 Å². The maximum Gasteiger partial charge on any atom is 0.386 e. The number of aromatic nitrogens is 10. The minimum Gasteiger partial charge on any atom is -0.390 e. The van der Waals surface area contributed by atoms with Crippen molar-refractivity contribution in [3.8, 4) is 0 Å². The fraction of sp³-hybridized carbons (Fsp3) is 0.600. The molecule has 5 aliphatic heterocycles. The summed E-state index contributed by atoms with van der Waals surface area (Å²) in [6.45, 7) is -12.7. The van der Waals surface area contributed by atoms with Crippen LogP contribution in [-0.2, 0) is 78.1 Å². The Morgan fingerprint density at radius 2 is 0.604 bits per heavy atom. The molecule has 5 unspecified atom stereocenters. The number of aryl methyl sites for hydroxylation is 5. The number of H-pyrrole nitrogens is 5. The van der Waals surface area contributed by atoms with Crippen molar-refractivity contribution in [2.45, 2.75) is 166 Å². The summed E-state index contributed by atoms with van der Waals surface area (Å²) in [5.74, 6) is 0. The Kier molecular flexibility index (Phi) is 22.6. The average Bonchev–Trinajstić information content (AvgIpc) is 1.63. The third-order valence-electron chi connectivity index (χ3n) is 16.0. The second-order valence-electron chi connectivity index (χ2n) is 23.1. The van der Waals surface area contributed by atoms with Gasteiger partial charge in [-0.3, -0.25) is 108 Å². The van der Waals surface area contributed by atoms with Gasteiger partial charge in [0, 0.05) is 90.9 Å². The summed E-state index contributed by atoms with van der Waals surface area (Å²) in [4.78, 5) is 137. The number of aliphatic hydroxyl groups is 1. The van der Waals surface area contributed by atoms with Crippen LogP contribution in [0.4, 0.5) is 0 Å². The monoisotopic (exact) mass is 1510 g/mol. The molecule has 0 aromatic carbocycles. The van der Waals surface area contributed by atoms with Gasteiger partial charge < -0.3 is 28.8 Å². The maximum absolute atomic E-state index is 14.5. The number of hydrogen-bond acceptors (Lipinski definition) is 28. The highest BCUT2D eigenvalue weighted by molar-refractivity contribution is 8.45. The molecule has 5 aromatic rings. The molecule has 0 radical (unpaired) electrons. The van der Waals surface area contributed by atoms with E-state index in [1.807, 2.05) is 0 Å². The molecule has 96 heavy (non-hydrogen) atoms. The number of aromatic amines is 5. The van der Waals surface area contributed by atoms with Crippen LogP contribution >= 0.6 is 76.2 Å². The van der Waals surface area contributed by atoms with Crippen molar-refractivity contribution in [2.24, 2.45) is 0 Å². The smallest absolute Gasteiger partial charge is 0.386 e. The zero-order valence-electron chi connectivity index (χ0n) is 51.2. The summed E-state index contributed by atoms with van der Waals surface area (Å²) in [5.41, 5.74) is -7.15. The number of nitrogens with zero attached hydrogens (tertiary/aromatic N) is 5. The maximum atomic E-state index is 14.5. The summed E-state index contributed by atoms with van der Waals surface area (Å²) < 4.78 is 138. The predicted octanol–water partition coefficient (Wildman–Crippen LogP) is 1.86. The number of ether oxygens (including phenoxy) is 5. The van der Waals surface area contributed by atoms with Crippen molar-refractivity contribution in [3.63, 3.8) is 0 Å². The Morgan fingerprint density at radius 3 is 0.885 bits per heavy atom. The lowest BCUT2D eigenvalue weighted by atomic mass is 10.2. The first kappa shape index (κ1) is 73.9. The molecule has 528 valence electrons. The predicted molar refractivity (Wildman–Crippen MR) is 344 cm³/mol. The molecule has 5 aromatic heterocycles. The molecule has 5 fully saturated rings. The van der Waals surface area contributed by atoms with Crippen molar-refractivity contribution < 1.29 is 83.2 Å². The van der Waals surface area contributed by atoms with E-state index in [-0.39, 0.29) is 59.9 Å². The van der Waals surface area contributed by atoms with E-state index in [1.165, 1.54) is 65.6 Å². The number of nitrogens with one attached hydrogen (secondary N) is 5. The largest absolute Gasteiger partial charge is 0.390 e. The van der Waals surface area contributed by atoms with Crippen LogP contribution < -0.4 is 56.2 Å². The van der Waals surface area contributed by atoms with Crippen molar-refractivity contribution >= 4 is 76.2 Å². The zero-order chi connectivity index (χ0) is 69.8. The molecule has 10 rings (SSSR count). The Labute approximate surface area is 559 Å². The molecule has 10 heterocycles. The quantitative estimate of drug-likeness (QED) is 0.0294. The van der Waals surface area contributed by atoms with E-state index in [1.54, 1.807) is 6.92 Å². The van der Waals surface area contributed by atoms with E-state index >= 15 is 0 Å². The normalized spacial score (nSPS) is 30.1. The molecule has 5 aliphatic rings. The van der Waals surface area contributed by atoms with E-state index in [9.17, 15) is 71.3 Å². The van der Waals surface area contributed by atoms with Crippen molar-refractivity contribution in [2.75, 3.05) is 26.4 Å². The van der Waals surface area contributed by atoms with Crippen LogP contribution in [0.5, 0.6) is 0 Å². The van der Waals surface area contributed by atoms with Gasteiger partial charge in [0.05, 0.1) is 44.7 Å². The number of rotatable bonds is 25. The molecule has 6 N–H and O–H groups in total. The first-order chi connectivity index (χ1) is 44.9. The van der Waals surface area contributed by atoms with Gasteiger partial charge in [0.15, 0.2) is 0 Å². The molecule has 46 heteroatoms. The summed E-state index contributed by atoms with van der Waals surface area (Å²) in [5, 5.41) is 10.9. The van der Waals surface area contributed by atoms with E-state index in [2.05, 4.69) is 73.9 Å². The first-order valence-electron chi connectivity index (χ1n) is 29.1. The molecular formula is C50H66N10O28P4S4. The molecular weight excluding hydrogens is 1440 g/mol. The van der Waals surface area contributed by atoms with Crippen LogP contribution in [-0.4, -0.2) is 140 Å². The third kappa shape index (κ3) is 17.5. The van der Waals surface area contributed by atoms with Gasteiger partial charge in [0.25, 0.3) is 27.8 Å².